The Hall–Kier alpha value is -1.86. The van der Waals surface area contributed by atoms with Crippen molar-refractivity contribution in [3.05, 3.63) is 28.3 Å². The van der Waals surface area contributed by atoms with Gasteiger partial charge in [-0.3, -0.25) is 14.5 Å². The molecule has 0 bridgehead atoms. The Morgan fingerprint density at radius 2 is 1.85 bits per heavy atom. The van der Waals surface area contributed by atoms with Crippen LogP contribution in [0.5, 0.6) is 5.75 Å². The SMILES string of the molecule is CCN1CCN(C(=O)CC2CCN(Cc3cc(=O)c(O)co3)CC2)CC1. The molecule has 0 saturated carbocycles. The van der Waals surface area contributed by atoms with Crippen molar-refractivity contribution in [1.82, 2.24) is 14.7 Å². The predicted octanol–water partition coefficient (Wildman–Crippen LogP) is 1.11. The van der Waals surface area contributed by atoms with E-state index in [1.54, 1.807) is 0 Å². The minimum Gasteiger partial charge on any atom is -0.502 e. The van der Waals surface area contributed by atoms with Crippen LogP contribution in [0.25, 0.3) is 0 Å². The average Bonchev–Trinajstić information content (AvgIpc) is 2.66. The first kappa shape index (κ1) is 18.9. The Balaban J connectivity index is 1.41. The zero-order valence-electron chi connectivity index (χ0n) is 15.5. The molecular weight excluding hydrogens is 334 g/mol. The number of hydrogen-bond acceptors (Lipinski definition) is 6. The summed E-state index contributed by atoms with van der Waals surface area (Å²) in [5, 5.41) is 9.25. The molecule has 1 amide bonds. The van der Waals surface area contributed by atoms with Crippen molar-refractivity contribution in [1.29, 1.82) is 0 Å². The number of hydrogen-bond donors (Lipinski definition) is 1. The van der Waals surface area contributed by atoms with Crippen LogP contribution in [0, 0.1) is 5.92 Å². The van der Waals surface area contributed by atoms with Crippen LogP contribution in [-0.4, -0.2) is 71.5 Å². The molecule has 26 heavy (non-hydrogen) atoms. The van der Waals surface area contributed by atoms with Gasteiger partial charge in [0.05, 0.1) is 6.54 Å². The number of carbonyl (C=O) groups is 1. The summed E-state index contributed by atoms with van der Waals surface area (Å²) < 4.78 is 5.27. The molecule has 0 unspecified atom stereocenters. The Bertz CT molecular complexity index is 659. The molecule has 2 saturated heterocycles. The van der Waals surface area contributed by atoms with Crippen LogP contribution in [0.2, 0.25) is 0 Å². The fourth-order valence-corrected chi connectivity index (χ4v) is 3.79. The molecule has 1 aromatic heterocycles. The van der Waals surface area contributed by atoms with Crippen LogP contribution in [0.4, 0.5) is 0 Å². The zero-order valence-corrected chi connectivity index (χ0v) is 15.5. The summed E-state index contributed by atoms with van der Waals surface area (Å²) in [6.07, 6.45) is 3.72. The second kappa shape index (κ2) is 8.68. The quantitative estimate of drug-likeness (QED) is 0.845. The van der Waals surface area contributed by atoms with Gasteiger partial charge in [0.1, 0.15) is 12.0 Å². The molecular formula is C19H29N3O4. The van der Waals surface area contributed by atoms with Crippen molar-refractivity contribution < 1.29 is 14.3 Å². The molecule has 7 nitrogen and oxygen atoms in total. The van der Waals surface area contributed by atoms with Gasteiger partial charge in [-0.05, 0) is 38.4 Å². The van der Waals surface area contributed by atoms with Crippen LogP contribution in [-0.2, 0) is 11.3 Å². The third-order valence-electron chi connectivity index (χ3n) is 5.59. The molecule has 0 atom stereocenters. The minimum atomic E-state index is -0.407. The van der Waals surface area contributed by atoms with Gasteiger partial charge in [-0.15, -0.1) is 0 Å². The molecule has 144 valence electrons. The van der Waals surface area contributed by atoms with Crippen LogP contribution < -0.4 is 5.43 Å². The normalized spacial score (nSPS) is 20.4. The van der Waals surface area contributed by atoms with Crippen molar-refractivity contribution in [2.75, 3.05) is 45.8 Å². The number of amides is 1. The van der Waals surface area contributed by atoms with E-state index in [0.29, 0.717) is 30.6 Å². The number of piperidine rings is 1. The molecule has 3 heterocycles. The highest BCUT2D eigenvalue weighted by Crippen LogP contribution is 2.23. The smallest absolute Gasteiger partial charge is 0.226 e. The van der Waals surface area contributed by atoms with Gasteiger partial charge in [-0.25, -0.2) is 0 Å². The molecule has 0 radical (unpaired) electrons. The first-order chi connectivity index (χ1) is 12.5. The van der Waals surface area contributed by atoms with E-state index in [-0.39, 0.29) is 5.75 Å². The number of likely N-dealkylation sites (N-methyl/N-ethyl adjacent to an activating group) is 1. The van der Waals surface area contributed by atoms with E-state index >= 15 is 0 Å². The van der Waals surface area contributed by atoms with E-state index in [1.165, 1.54) is 6.07 Å². The Morgan fingerprint density at radius 1 is 1.15 bits per heavy atom. The highest BCUT2D eigenvalue weighted by Gasteiger charge is 2.26. The molecule has 0 spiro atoms. The summed E-state index contributed by atoms with van der Waals surface area (Å²) >= 11 is 0. The molecule has 2 fully saturated rings. The lowest BCUT2D eigenvalue weighted by Gasteiger charge is -2.36. The molecule has 2 aliphatic heterocycles. The topological polar surface area (TPSA) is 77.2 Å². The van der Waals surface area contributed by atoms with Gasteiger partial charge in [0.15, 0.2) is 5.75 Å². The van der Waals surface area contributed by atoms with Crippen LogP contribution in [0.3, 0.4) is 0 Å². The summed E-state index contributed by atoms with van der Waals surface area (Å²) in [6, 6.07) is 1.35. The van der Waals surface area contributed by atoms with Gasteiger partial charge in [-0.2, -0.15) is 0 Å². The number of nitrogens with zero attached hydrogens (tertiary/aromatic N) is 3. The van der Waals surface area contributed by atoms with Gasteiger partial charge in [0, 0.05) is 38.7 Å². The van der Waals surface area contributed by atoms with Gasteiger partial charge in [0.2, 0.25) is 11.3 Å². The number of piperazine rings is 1. The highest BCUT2D eigenvalue weighted by atomic mass is 16.4. The molecule has 1 N–H and O–H groups in total. The standard InChI is InChI=1S/C19H29N3O4/c1-2-20-7-9-22(10-8-20)19(25)11-15-3-5-21(6-4-15)13-16-12-17(23)18(24)14-26-16/h12,14-15,24H,2-11,13H2,1H3. The second-order valence-corrected chi connectivity index (χ2v) is 7.33. The minimum absolute atomic E-state index is 0.295. The van der Waals surface area contributed by atoms with Crippen molar-refractivity contribution in [3.63, 3.8) is 0 Å². The van der Waals surface area contributed by atoms with Crippen LogP contribution in [0.15, 0.2) is 21.5 Å². The lowest BCUT2D eigenvalue weighted by atomic mass is 9.92. The van der Waals surface area contributed by atoms with Gasteiger partial charge in [0.25, 0.3) is 0 Å². The van der Waals surface area contributed by atoms with Gasteiger partial charge >= 0.3 is 0 Å². The fraction of sp³-hybridized carbons (Fsp3) is 0.684. The number of carbonyl (C=O) groups excluding carboxylic acids is 1. The Labute approximate surface area is 154 Å². The van der Waals surface area contributed by atoms with E-state index < -0.39 is 5.43 Å². The van der Waals surface area contributed by atoms with Crippen molar-refractivity contribution >= 4 is 5.91 Å². The third-order valence-corrected chi connectivity index (χ3v) is 5.59. The molecule has 3 rings (SSSR count). The van der Waals surface area contributed by atoms with E-state index in [0.717, 1.165) is 64.9 Å². The first-order valence-electron chi connectivity index (χ1n) is 9.58. The van der Waals surface area contributed by atoms with Crippen molar-refractivity contribution in [3.8, 4) is 5.75 Å². The third kappa shape index (κ3) is 4.86. The number of aromatic hydroxyl groups is 1. The number of likely N-dealkylation sites (tertiary alicyclic amines) is 1. The fourth-order valence-electron chi connectivity index (χ4n) is 3.79. The molecule has 0 aliphatic carbocycles. The summed E-state index contributed by atoms with van der Waals surface area (Å²) in [5.74, 6) is 0.945. The van der Waals surface area contributed by atoms with Gasteiger partial charge in [-0.1, -0.05) is 6.92 Å². The van der Waals surface area contributed by atoms with Crippen molar-refractivity contribution in [2.45, 2.75) is 32.7 Å². The van der Waals surface area contributed by atoms with Gasteiger partial charge < -0.3 is 19.3 Å². The maximum absolute atomic E-state index is 12.5. The van der Waals surface area contributed by atoms with E-state index in [9.17, 15) is 14.7 Å². The maximum Gasteiger partial charge on any atom is 0.226 e. The molecule has 2 aliphatic rings. The summed E-state index contributed by atoms with van der Waals surface area (Å²) in [7, 11) is 0. The maximum atomic E-state index is 12.5. The predicted molar refractivity (Wildman–Crippen MR) is 98.0 cm³/mol. The number of rotatable bonds is 5. The Morgan fingerprint density at radius 3 is 2.46 bits per heavy atom. The summed E-state index contributed by atoms with van der Waals surface area (Å²) in [4.78, 5) is 30.6. The van der Waals surface area contributed by atoms with Crippen molar-refractivity contribution in [2.24, 2.45) is 5.92 Å². The molecule has 1 aromatic rings. The molecule has 7 heteroatoms. The summed E-state index contributed by atoms with van der Waals surface area (Å²) in [5.41, 5.74) is -0.407. The highest BCUT2D eigenvalue weighted by molar-refractivity contribution is 5.76. The zero-order chi connectivity index (χ0) is 18.5. The lowest BCUT2D eigenvalue weighted by molar-refractivity contribution is -0.134. The first-order valence-corrected chi connectivity index (χ1v) is 9.58. The van der Waals surface area contributed by atoms with Crippen LogP contribution >= 0.6 is 0 Å². The van der Waals surface area contributed by atoms with E-state index in [4.69, 9.17) is 4.42 Å². The van der Waals surface area contributed by atoms with E-state index in [2.05, 4.69) is 16.7 Å². The lowest BCUT2D eigenvalue weighted by Crippen LogP contribution is -2.49. The monoisotopic (exact) mass is 363 g/mol. The van der Waals surface area contributed by atoms with Crippen LogP contribution in [0.1, 0.15) is 31.9 Å². The Kier molecular flexibility index (Phi) is 6.32. The second-order valence-electron chi connectivity index (χ2n) is 7.33. The largest absolute Gasteiger partial charge is 0.502 e. The summed E-state index contributed by atoms with van der Waals surface area (Å²) in [6.45, 7) is 9.25. The average molecular weight is 363 g/mol. The van der Waals surface area contributed by atoms with E-state index in [1.807, 2.05) is 4.90 Å². The molecule has 0 aromatic carbocycles.